The molecule has 0 fully saturated rings. The number of esters is 1. The third-order valence-electron chi connectivity index (χ3n) is 1.74. The summed E-state index contributed by atoms with van der Waals surface area (Å²) in [6.45, 7) is 3.13. The Labute approximate surface area is 106 Å². The Kier molecular flexibility index (Phi) is 7.07. The van der Waals surface area contributed by atoms with Gasteiger partial charge in [0.2, 0.25) is 10.0 Å². The predicted octanol–water partition coefficient (Wildman–Crippen LogP) is -0.417. The maximum absolute atomic E-state index is 11.4. The first-order valence-electron chi connectivity index (χ1n) is 5.06. The number of nitrogens with one attached hydrogen (secondary N) is 1. The number of hydrogen-bond acceptors (Lipinski definition) is 6. The molecule has 6 nitrogen and oxygen atoms in total. The highest BCUT2D eigenvalue weighted by Crippen LogP contribution is 2.09. The molecule has 1 unspecified atom stereocenters. The molecular formula is C9H19NO5S2. The molecule has 0 aromatic heterocycles. The highest BCUT2D eigenvalue weighted by Gasteiger charge is 2.24. The lowest BCUT2D eigenvalue weighted by Gasteiger charge is -2.22. The van der Waals surface area contributed by atoms with Crippen molar-refractivity contribution in [3.8, 4) is 0 Å². The number of carbonyl (C=O) groups excluding carboxylic acids is 1. The zero-order valence-electron chi connectivity index (χ0n) is 10.2. The van der Waals surface area contributed by atoms with Gasteiger partial charge in [0.15, 0.2) is 5.75 Å². The second kappa shape index (κ2) is 7.20. The maximum atomic E-state index is 11.4. The second-order valence-corrected chi connectivity index (χ2v) is 6.49. The van der Waals surface area contributed by atoms with Crippen LogP contribution in [0.4, 0.5) is 0 Å². The van der Waals surface area contributed by atoms with Gasteiger partial charge in [-0.3, -0.25) is 4.79 Å². The number of carbonyl (C=O) groups is 1. The molecule has 0 aromatic carbocycles. The Balaban J connectivity index is 4.23. The van der Waals surface area contributed by atoms with Gasteiger partial charge >= 0.3 is 5.97 Å². The van der Waals surface area contributed by atoms with E-state index in [1.807, 2.05) is 6.26 Å². The Morgan fingerprint density at radius 2 is 2.12 bits per heavy atom. The molecule has 0 aliphatic heterocycles. The van der Waals surface area contributed by atoms with Crippen molar-refractivity contribution in [1.82, 2.24) is 4.72 Å². The number of rotatable bonds is 8. The van der Waals surface area contributed by atoms with Gasteiger partial charge in [0.1, 0.15) is 0 Å². The Hall–Kier alpha value is -0.310. The van der Waals surface area contributed by atoms with Crippen molar-refractivity contribution < 1.29 is 23.1 Å². The lowest BCUT2D eigenvalue weighted by Crippen LogP contribution is -2.44. The normalized spacial score (nSPS) is 15.3. The van der Waals surface area contributed by atoms with E-state index in [2.05, 4.69) is 9.46 Å². The van der Waals surface area contributed by atoms with Gasteiger partial charge in [0, 0.05) is 12.3 Å². The highest BCUT2D eigenvalue weighted by atomic mass is 32.2. The van der Waals surface area contributed by atoms with Crippen molar-refractivity contribution in [2.45, 2.75) is 19.4 Å². The second-order valence-electron chi connectivity index (χ2n) is 3.82. The fourth-order valence-electron chi connectivity index (χ4n) is 1.04. The van der Waals surface area contributed by atoms with E-state index >= 15 is 0 Å². The summed E-state index contributed by atoms with van der Waals surface area (Å²) in [5, 5.41) is 9.75. The van der Waals surface area contributed by atoms with Gasteiger partial charge in [-0.2, -0.15) is 11.8 Å². The van der Waals surface area contributed by atoms with Crippen LogP contribution in [0.5, 0.6) is 0 Å². The largest absolute Gasteiger partial charge is 0.465 e. The number of sulfonamides is 1. The van der Waals surface area contributed by atoms with Gasteiger partial charge < -0.3 is 9.84 Å². The van der Waals surface area contributed by atoms with Gasteiger partial charge in [0.05, 0.1) is 12.2 Å². The first-order valence-corrected chi connectivity index (χ1v) is 8.11. The standard InChI is InChI=1S/C9H19NO5S2/c1-4-15-8(11)5-17(13,14)10-6-9(2,12)7-16-3/h10,12H,4-7H2,1-3H3. The van der Waals surface area contributed by atoms with Crippen LogP contribution in [0.1, 0.15) is 13.8 Å². The minimum atomic E-state index is -3.75. The molecule has 0 amide bonds. The van der Waals surface area contributed by atoms with E-state index in [1.165, 1.54) is 18.7 Å². The molecule has 8 heteroatoms. The fraction of sp³-hybridized carbons (Fsp3) is 0.889. The minimum absolute atomic E-state index is 0.129. The molecule has 0 spiro atoms. The van der Waals surface area contributed by atoms with Gasteiger partial charge in [0.25, 0.3) is 0 Å². The van der Waals surface area contributed by atoms with E-state index < -0.39 is 27.3 Å². The molecule has 0 saturated heterocycles. The zero-order chi connectivity index (χ0) is 13.5. The average molecular weight is 285 g/mol. The molecule has 2 N–H and O–H groups in total. The molecule has 0 heterocycles. The lowest BCUT2D eigenvalue weighted by molar-refractivity contribution is -0.139. The first kappa shape index (κ1) is 16.7. The Morgan fingerprint density at radius 1 is 1.53 bits per heavy atom. The van der Waals surface area contributed by atoms with Crippen molar-refractivity contribution in [3.05, 3.63) is 0 Å². The van der Waals surface area contributed by atoms with E-state index in [0.717, 1.165) is 0 Å². The molecular weight excluding hydrogens is 266 g/mol. The van der Waals surface area contributed by atoms with Crippen LogP contribution in [-0.4, -0.2) is 56.0 Å². The van der Waals surface area contributed by atoms with Gasteiger partial charge in [-0.25, -0.2) is 13.1 Å². The summed E-state index contributed by atoms with van der Waals surface area (Å²) in [5.41, 5.74) is -1.14. The third kappa shape index (κ3) is 8.42. The minimum Gasteiger partial charge on any atom is -0.465 e. The number of thioether (sulfide) groups is 1. The molecule has 0 aliphatic carbocycles. The molecule has 1 atom stereocenters. The monoisotopic (exact) mass is 285 g/mol. The van der Waals surface area contributed by atoms with Crippen LogP contribution in [0.3, 0.4) is 0 Å². The summed E-state index contributed by atoms with van der Waals surface area (Å²) in [6.07, 6.45) is 1.81. The molecule has 0 bridgehead atoms. The quantitative estimate of drug-likeness (QED) is 0.589. The average Bonchev–Trinajstić information content (AvgIpc) is 2.15. The zero-order valence-corrected chi connectivity index (χ0v) is 11.9. The molecule has 17 heavy (non-hydrogen) atoms. The van der Waals surface area contributed by atoms with Crippen molar-refractivity contribution in [1.29, 1.82) is 0 Å². The van der Waals surface area contributed by atoms with Crippen LogP contribution in [0, 0.1) is 0 Å². The predicted molar refractivity (Wildman–Crippen MR) is 67.4 cm³/mol. The summed E-state index contributed by atoms with van der Waals surface area (Å²) in [4.78, 5) is 11.0. The summed E-state index contributed by atoms with van der Waals surface area (Å²) in [5.74, 6) is -1.13. The number of ether oxygens (including phenoxy) is 1. The van der Waals surface area contributed by atoms with E-state index in [9.17, 15) is 18.3 Å². The Morgan fingerprint density at radius 3 is 2.59 bits per heavy atom. The summed E-state index contributed by atoms with van der Waals surface area (Å²) >= 11 is 1.40. The third-order valence-corrected chi connectivity index (χ3v) is 3.85. The van der Waals surface area contributed by atoms with Gasteiger partial charge in [-0.05, 0) is 20.1 Å². The van der Waals surface area contributed by atoms with Crippen LogP contribution >= 0.6 is 11.8 Å². The van der Waals surface area contributed by atoms with Crippen LogP contribution in [0.15, 0.2) is 0 Å². The van der Waals surface area contributed by atoms with E-state index in [4.69, 9.17) is 0 Å². The van der Waals surface area contributed by atoms with E-state index in [0.29, 0.717) is 5.75 Å². The van der Waals surface area contributed by atoms with Crippen molar-refractivity contribution in [2.75, 3.05) is 30.9 Å². The molecule has 0 rings (SSSR count). The van der Waals surface area contributed by atoms with E-state index in [1.54, 1.807) is 6.92 Å². The molecule has 0 aliphatic rings. The van der Waals surface area contributed by atoms with Crippen LogP contribution in [0.2, 0.25) is 0 Å². The fourth-order valence-corrected chi connectivity index (χ4v) is 2.79. The number of hydrogen-bond donors (Lipinski definition) is 2. The molecule has 102 valence electrons. The van der Waals surface area contributed by atoms with Crippen molar-refractivity contribution >= 4 is 27.8 Å². The summed E-state index contributed by atoms with van der Waals surface area (Å²) in [6, 6.07) is 0. The van der Waals surface area contributed by atoms with Crippen LogP contribution in [-0.2, 0) is 19.6 Å². The van der Waals surface area contributed by atoms with Gasteiger partial charge in [-0.15, -0.1) is 0 Å². The molecule has 0 radical (unpaired) electrons. The van der Waals surface area contributed by atoms with Crippen LogP contribution < -0.4 is 4.72 Å². The summed E-state index contributed by atoms with van der Waals surface area (Å²) in [7, 11) is -3.75. The molecule has 0 saturated carbocycles. The van der Waals surface area contributed by atoms with E-state index in [-0.39, 0.29) is 13.2 Å². The van der Waals surface area contributed by atoms with Crippen LogP contribution in [0.25, 0.3) is 0 Å². The van der Waals surface area contributed by atoms with Gasteiger partial charge in [-0.1, -0.05) is 0 Å². The lowest BCUT2D eigenvalue weighted by atomic mass is 10.1. The molecule has 0 aromatic rings. The topological polar surface area (TPSA) is 92.7 Å². The SMILES string of the molecule is CCOC(=O)CS(=O)(=O)NCC(C)(O)CSC. The summed E-state index contributed by atoms with van der Waals surface area (Å²) < 4.78 is 29.6. The smallest absolute Gasteiger partial charge is 0.322 e. The Bertz CT molecular complexity index is 339. The first-order chi connectivity index (χ1) is 7.72. The highest BCUT2D eigenvalue weighted by molar-refractivity contribution is 7.98. The number of aliphatic hydroxyl groups is 1. The maximum Gasteiger partial charge on any atom is 0.322 e. The van der Waals surface area contributed by atoms with Crippen molar-refractivity contribution in [2.24, 2.45) is 0 Å². The van der Waals surface area contributed by atoms with Crippen molar-refractivity contribution in [3.63, 3.8) is 0 Å².